The molecule has 0 aliphatic heterocycles. The molecule has 2 N–H and O–H groups in total. The van der Waals surface area contributed by atoms with Gasteiger partial charge in [-0.3, -0.25) is 14.6 Å². The Kier molecular flexibility index (Phi) is 5.20. The van der Waals surface area contributed by atoms with Crippen LogP contribution in [0.15, 0.2) is 82.6 Å². The van der Waals surface area contributed by atoms with Crippen molar-refractivity contribution in [2.45, 2.75) is 13.3 Å². The lowest BCUT2D eigenvalue weighted by atomic mass is 10.0. The minimum Gasteiger partial charge on any atom is -0.380 e. The molecule has 4 aromatic rings. The maximum Gasteiger partial charge on any atom is 0.253 e. The molecule has 0 aliphatic carbocycles. The van der Waals surface area contributed by atoms with Crippen molar-refractivity contribution < 1.29 is 0 Å². The monoisotopic (exact) mass is 383 g/mol. The number of aryl methyl sites for hydroxylation is 1. The highest BCUT2D eigenvalue weighted by molar-refractivity contribution is 5.78. The van der Waals surface area contributed by atoms with Gasteiger partial charge in [0.25, 0.3) is 10.9 Å². The Hall–Kier alpha value is -3.73. The summed E-state index contributed by atoms with van der Waals surface area (Å²) >= 11 is 0. The quantitative estimate of drug-likeness (QED) is 0.471. The number of hydrogen-bond acceptors (Lipinski definition) is 5. The van der Waals surface area contributed by atoms with Crippen molar-refractivity contribution in [2.24, 2.45) is 0 Å². The molecular formula is C24H21N3O2. The summed E-state index contributed by atoms with van der Waals surface area (Å²) in [5.74, 6) is 0. The largest absolute Gasteiger partial charge is 0.380 e. The van der Waals surface area contributed by atoms with Crippen LogP contribution in [0.4, 0.5) is 17.1 Å². The Morgan fingerprint density at radius 2 is 1.55 bits per heavy atom. The van der Waals surface area contributed by atoms with Crippen molar-refractivity contribution in [1.29, 1.82) is 0 Å². The standard InChI is InChI=1S/C24H21N3O2/c1-16-5-7-18(8-6-16)19-4-2-3-17(15-19)9-14-26-21-22(24(29)23(21)28)27-20-10-12-25-13-11-20/h2-8,10-13,15,26H,9,14H2,1H3,(H,25,27). The lowest BCUT2D eigenvalue weighted by molar-refractivity contribution is 1.01. The van der Waals surface area contributed by atoms with Crippen molar-refractivity contribution in [3.05, 3.63) is 105 Å². The second-order valence-electron chi connectivity index (χ2n) is 7.01. The fraction of sp³-hybridized carbons (Fsp3) is 0.125. The zero-order valence-electron chi connectivity index (χ0n) is 16.1. The molecule has 0 amide bonds. The van der Waals surface area contributed by atoms with Crippen LogP contribution in [0.5, 0.6) is 0 Å². The van der Waals surface area contributed by atoms with Gasteiger partial charge in [-0.1, -0.05) is 54.1 Å². The van der Waals surface area contributed by atoms with Gasteiger partial charge in [0.15, 0.2) is 0 Å². The molecule has 29 heavy (non-hydrogen) atoms. The summed E-state index contributed by atoms with van der Waals surface area (Å²) in [4.78, 5) is 27.8. The first-order valence-corrected chi connectivity index (χ1v) is 9.52. The van der Waals surface area contributed by atoms with E-state index in [4.69, 9.17) is 0 Å². The van der Waals surface area contributed by atoms with Gasteiger partial charge in [-0.05, 0) is 42.2 Å². The smallest absolute Gasteiger partial charge is 0.253 e. The van der Waals surface area contributed by atoms with Gasteiger partial charge in [0.2, 0.25) is 0 Å². The molecule has 5 nitrogen and oxygen atoms in total. The third kappa shape index (κ3) is 4.09. The van der Waals surface area contributed by atoms with Crippen LogP contribution < -0.4 is 21.5 Å². The Morgan fingerprint density at radius 3 is 2.31 bits per heavy atom. The normalized spacial score (nSPS) is 10.8. The summed E-state index contributed by atoms with van der Waals surface area (Å²) in [7, 11) is 0. The van der Waals surface area contributed by atoms with Crippen LogP contribution in [0.25, 0.3) is 11.1 Å². The molecule has 1 aromatic heterocycles. The summed E-state index contributed by atoms with van der Waals surface area (Å²) < 4.78 is 0. The average molecular weight is 383 g/mol. The molecule has 1 heterocycles. The van der Waals surface area contributed by atoms with Crippen molar-refractivity contribution in [3.63, 3.8) is 0 Å². The van der Waals surface area contributed by atoms with Gasteiger partial charge in [0, 0.05) is 24.6 Å². The lowest BCUT2D eigenvalue weighted by Crippen LogP contribution is -2.37. The number of aromatic nitrogens is 1. The fourth-order valence-corrected chi connectivity index (χ4v) is 3.24. The van der Waals surface area contributed by atoms with Crippen LogP contribution in [0, 0.1) is 6.92 Å². The third-order valence-corrected chi connectivity index (χ3v) is 4.89. The Bertz CT molecular complexity index is 1190. The molecule has 4 rings (SSSR count). The van der Waals surface area contributed by atoms with E-state index in [-0.39, 0.29) is 0 Å². The van der Waals surface area contributed by atoms with E-state index in [2.05, 4.69) is 65.0 Å². The van der Waals surface area contributed by atoms with Gasteiger partial charge in [0.1, 0.15) is 11.4 Å². The zero-order valence-corrected chi connectivity index (χ0v) is 16.1. The number of anilines is 3. The van der Waals surface area contributed by atoms with Crippen molar-refractivity contribution in [2.75, 3.05) is 17.2 Å². The molecule has 0 fully saturated rings. The predicted molar refractivity (Wildman–Crippen MR) is 118 cm³/mol. The second kappa shape index (κ2) is 8.10. The first-order chi connectivity index (χ1) is 14.1. The number of rotatable bonds is 7. The third-order valence-electron chi connectivity index (χ3n) is 4.89. The molecular weight excluding hydrogens is 362 g/mol. The van der Waals surface area contributed by atoms with E-state index in [1.54, 1.807) is 24.5 Å². The molecule has 0 bridgehead atoms. The molecule has 0 radical (unpaired) electrons. The highest BCUT2D eigenvalue weighted by atomic mass is 16.2. The van der Waals surface area contributed by atoms with E-state index in [9.17, 15) is 9.59 Å². The predicted octanol–water partition coefficient (Wildman–Crippen LogP) is 4.05. The van der Waals surface area contributed by atoms with Gasteiger partial charge in [0.05, 0.1) is 0 Å². The van der Waals surface area contributed by atoms with Gasteiger partial charge >= 0.3 is 0 Å². The molecule has 0 aliphatic rings. The van der Waals surface area contributed by atoms with Crippen LogP contribution in [-0.4, -0.2) is 11.5 Å². The Labute approximate surface area is 168 Å². The molecule has 0 saturated heterocycles. The summed E-state index contributed by atoms with van der Waals surface area (Å²) in [5, 5.41) is 6.12. The van der Waals surface area contributed by atoms with Gasteiger partial charge in [-0.2, -0.15) is 0 Å². The van der Waals surface area contributed by atoms with E-state index in [1.165, 1.54) is 11.1 Å². The Balaban J connectivity index is 1.42. The molecule has 5 heteroatoms. The average Bonchev–Trinajstić information content (AvgIpc) is 2.76. The van der Waals surface area contributed by atoms with Crippen LogP contribution in [-0.2, 0) is 6.42 Å². The number of nitrogens with one attached hydrogen (secondary N) is 2. The van der Waals surface area contributed by atoms with Crippen LogP contribution >= 0.6 is 0 Å². The van der Waals surface area contributed by atoms with E-state index in [0.717, 1.165) is 23.2 Å². The Morgan fingerprint density at radius 1 is 0.828 bits per heavy atom. The van der Waals surface area contributed by atoms with Gasteiger partial charge in [-0.25, -0.2) is 0 Å². The molecule has 0 atom stereocenters. The van der Waals surface area contributed by atoms with E-state index < -0.39 is 10.9 Å². The van der Waals surface area contributed by atoms with E-state index in [0.29, 0.717) is 17.9 Å². The van der Waals surface area contributed by atoms with Crippen molar-refractivity contribution in [3.8, 4) is 11.1 Å². The van der Waals surface area contributed by atoms with Crippen LogP contribution in [0.3, 0.4) is 0 Å². The first-order valence-electron chi connectivity index (χ1n) is 9.52. The fourth-order valence-electron chi connectivity index (χ4n) is 3.24. The molecule has 0 saturated carbocycles. The number of pyridine rings is 1. The van der Waals surface area contributed by atoms with Crippen molar-refractivity contribution >= 4 is 17.1 Å². The number of benzene rings is 2. The highest BCUT2D eigenvalue weighted by Crippen LogP contribution is 2.22. The van der Waals surface area contributed by atoms with Gasteiger partial charge < -0.3 is 10.6 Å². The minimum atomic E-state index is -0.495. The first kappa shape index (κ1) is 18.6. The van der Waals surface area contributed by atoms with Gasteiger partial charge in [-0.15, -0.1) is 0 Å². The maximum absolute atomic E-state index is 11.9. The lowest BCUT2D eigenvalue weighted by Gasteiger charge is -2.15. The highest BCUT2D eigenvalue weighted by Gasteiger charge is 2.20. The number of nitrogens with zero attached hydrogens (tertiary/aromatic N) is 1. The van der Waals surface area contributed by atoms with Crippen LogP contribution in [0.2, 0.25) is 0 Å². The molecule has 0 unspecified atom stereocenters. The molecule has 0 spiro atoms. The summed E-state index contributed by atoms with van der Waals surface area (Å²) in [6.45, 7) is 2.64. The summed E-state index contributed by atoms with van der Waals surface area (Å²) in [6.07, 6.45) is 4.00. The maximum atomic E-state index is 11.9. The minimum absolute atomic E-state index is 0.314. The zero-order chi connectivity index (χ0) is 20.2. The van der Waals surface area contributed by atoms with E-state index in [1.807, 2.05) is 6.07 Å². The second-order valence-corrected chi connectivity index (χ2v) is 7.01. The van der Waals surface area contributed by atoms with Crippen LogP contribution in [0.1, 0.15) is 11.1 Å². The van der Waals surface area contributed by atoms with E-state index >= 15 is 0 Å². The summed E-state index contributed by atoms with van der Waals surface area (Å²) in [6, 6.07) is 20.3. The number of hydrogen-bond donors (Lipinski definition) is 2. The topological polar surface area (TPSA) is 71.1 Å². The molecule has 3 aromatic carbocycles. The summed E-state index contributed by atoms with van der Waals surface area (Å²) in [5.41, 5.74) is 5.15. The SMILES string of the molecule is Cc1ccc(-c2cccc(CCNc3c(Nc4ccncc4)c(=O)c3=O)c2)cc1. The van der Waals surface area contributed by atoms with Crippen molar-refractivity contribution in [1.82, 2.24) is 4.98 Å². The molecule has 144 valence electrons.